The van der Waals surface area contributed by atoms with Gasteiger partial charge in [-0.3, -0.25) is 10.9 Å². The molecule has 102 valence electrons. The summed E-state index contributed by atoms with van der Waals surface area (Å²) >= 11 is 0. The van der Waals surface area contributed by atoms with Crippen molar-refractivity contribution in [2.24, 2.45) is 4.99 Å². The lowest BCUT2D eigenvalue weighted by atomic mass is 10.2. The number of amidine groups is 1. The Kier molecular flexibility index (Phi) is 3.25. The fraction of sp³-hybridized carbons (Fsp3) is 0.200. The lowest BCUT2D eigenvalue weighted by Crippen LogP contribution is -2.29. The highest BCUT2D eigenvalue weighted by atomic mass is 16.4. The van der Waals surface area contributed by atoms with Crippen LogP contribution in [0.4, 0.5) is 0 Å². The van der Waals surface area contributed by atoms with Crippen molar-refractivity contribution < 1.29 is 4.42 Å². The SMILES string of the molecule is CCc1nc(C)c(C2=NC(=Cc3ccccc3)NN2)o1. The molecule has 0 unspecified atom stereocenters. The third-order valence-electron chi connectivity index (χ3n) is 3.00. The quantitative estimate of drug-likeness (QED) is 0.897. The van der Waals surface area contributed by atoms with Crippen LogP contribution in [0.2, 0.25) is 0 Å². The summed E-state index contributed by atoms with van der Waals surface area (Å²) in [6, 6.07) is 10.0. The maximum absolute atomic E-state index is 5.67. The van der Waals surface area contributed by atoms with Crippen molar-refractivity contribution in [3.63, 3.8) is 0 Å². The Morgan fingerprint density at radius 1 is 1.20 bits per heavy atom. The average molecular weight is 268 g/mol. The fourth-order valence-electron chi connectivity index (χ4n) is 2.01. The van der Waals surface area contributed by atoms with E-state index in [0.717, 1.165) is 29.4 Å². The van der Waals surface area contributed by atoms with Gasteiger partial charge in [-0.25, -0.2) is 9.98 Å². The predicted molar refractivity (Wildman–Crippen MR) is 77.8 cm³/mol. The number of oxazole rings is 1. The van der Waals surface area contributed by atoms with Gasteiger partial charge in [-0.15, -0.1) is 0 Å². The third kappa shape index (κ3) is 2.42. The molecule has 0 amide bonds. The largest absolute Gasteiger partial charge is 0.437 e. The molecule has 2 N–H and O–H groups in total. The highest BCUT2D eigenvalue weighted by Crippen LogP contribution is 2.15. The molecule has 0 fully saturated rings. The number of hydrazine groups is 1. The molecule has 1 aliphatic rings. The summed E-state index contributed by atoms with van der Waals surface area (Å²) in [5.41, 5.74) is 7.98. The predicted octanol–water partition coefficient (Wildman–Crippen LogP) is 2.40. The monoisotopic (exact) mass is 268 g/mol. The van der Waals surface area contributed by atoms with Crippen LogP contribution < -0.4 is 10.9 Å². The molecule has 0 saturated carbocycles. The van der Waals surface area contributed by atoms with Gasteiger partial charge in [-0.05, 0) is 18.6 Å². The topological polar surface area (TPSA) is 62.5 Å². The summed E-state index contributed by atoms with van der Waals surface area (Å²) in [7, 11) is 0. The fourth-order valence-corrected chi connectivity index (χ4v) is 2.01. The van der Waals surface area contributed by atoms with E-state index in [2.05, 4.69) is 20.8 Å². The van der Waals surface area contributed by atoms with Gasteiger partial charge in [0.25, 0.3) is 0 Å². The van der Waals surface area contributed by atoms with Crippen LogP contribution in [-0.2, 0) is 6.42 Å². The van der Waals surface area contributed by atoms with E-state index in [4.69, 9.17) is 4.42 Å². The maximum atomic E-state index is 5.67. The first-order valence-electron chi connectivity index (χ1n) is 6.60. The van der Waals surface area contributed by atoms with Crippen LogP contribution in [0.1, 0.15) is 29.8 Å². The third-order valence-corrected chi connectivity index (χ3v) is 3.00. The van der Waals surface area contributed by atoms with Crippen molar-refractivity contribution in [2.45, 2.75) is 20.3 Å². The lowest BCUT2D eigenvalue weighted by molar-refractivity contribution is 0.492. The number of aryl methyl sites for hydroxylation is 2. The summed E-state index contributed by atoms with van der Waals surface area (Å²) in [4.78, 5) is 8.83. The molecule has 5 nitrogen and oxygen atoms in total. The number of rotatable bonds is 3. The zero-order valence-electron chi connectivity index (χ0n) is 11.5. The van der Waals surface area contributed by atoms with Crippen LogP contribution >= 0.6 is 0 Å². The van der Waals surface area contributed by atoms with E-state index in [1.54, 1.807) is 0 Å². The molecular formula is C15H16N4O. The van der Waals surface area contributed by atoms with Crippen LogP contribution in [-0.4, -0.2) is 10.8 Å². The van der Waals surface area contributed by atoms with Crippen LogP contribution in [0.3, 0.4) is 0 Å². The first-order chi connectivity index (χ1) is 9.76. The van der Waals surface area contributed by atoms with Crippen LogP contribution in [0.5, 0.6) is 0 Å². The van der Waals surface area contributed by atoms with Gasteiger partial charge in [0.1, 0.15) is 5.82 Å². The summed E-state index contributed by atoms with van der Waals surface area (Å²) in [5.74, 6) is 2.82. The molecule has 2 heterocycles. The molecule has 0 saturated heterocycles. The van der Waals surface area contributed by atoms with Gasteiger partial charge in [0, 0.05) is 6.42 Å². The molecule has 0 spiro atoms. The van der Waals surface area contributed by atoms with Crippen molar-refractivity contribution in [3.05, 3.63) is 59.1 Å². The molecule has 1 aliphatic heterocycles. The summed E-state index contributed by atoms with van der Waals surface area (Å²) in [6.07, 6.45) is 2.74. The average Bonchev–Trinajstić information content (AvgIpc) is 3.06. The van der Waals surface area contributed by atoms with E-state index in [1.165, 1.54) is 0 Å². The van der Waals surface area contributed by atoms with E-state index in [9.17, 15) is 0 Å². The van der Waals surface area contributed by atoms with Crippen molar-refractivity contribution in [1.29, 1.82) is 0 Å². The highest BCUT2D eigenvalue weighted by molar-refractivity contribution is 5.99. The zero-order valence-corrected chi connectivity index (χ0v) is 11.5. The Balaban J connectivity index is 1.88. The Labute approximate surface area is 117 Å². The second-order valence-corrected chi connectivity index (χ2v) is 4.53. The Morgan fingerprint density at radius 2 is 2.00 bits per heavy atom. The summed E-state index contributed by atoms with van der Waals surface area (Å²) in [5, 5.41) is 0. The molecule has 0 bridgehead atoms. The highest BCUT2D eigenvalue weighted by Gasteiger charge is 2.19. The second-order valence-electron chi connectivity index (χ2n) is 4.53. The number of aromatic nitrogens is 1. The zero-order chi connectivity index (χ0) is 13.9. The lowest BCUT2D eigenvalue weighted by Gasteiger charge is -1.98. The normalized spacial score (nSPS) is 15.9. The van der Waals surface area contributed by atoms with Crippen molar-refractivity contribution in [2.75, 3.05) is 0 Å². The number of benzene rings is 1. The minimum absolute atomic E-state index is 0.664. The van der Waals surface area contributed by atoms with Crippen molar-refractivity contribution in [1.82, 2.24) is 15.8 Å². The number of hydrogen-bond donors (Lipinski definition) is 2. The maximum Gasteiger partial charge on any atom is 0.195 e. The van der Waals surface area contributed by atoms with Gasteiger partial charge in [0.05, 0.1) is 5.69 Å². The molecule has 0 radical (unpaired) electrons. The molecule has 20 heavy (non-hydrogen) atoms. The Bertz CT molecular complexity index is 670. The number of hydrogen-bond acceptors (Lipinski definition) is 5. The summed E-state index contributed by atoms with van der Waals surface area (Å²) in [6.45, 7) is 3.93. The van der Waals surface area contributed by atoms with E-state index < -0.39 is 0 Å². The van der Waals surface area contributed by atoms with Crippen molar-refractivity contribution in [3.8, 4) is 0 Å². The smallest absolute Gasteiger partial charge is 0.195 e. The number of nitrogens with zero attached hydrogens (tertiary/aromatic N) is 2. The van der Waals surface area contributed by atoms with Crippen molar-refractivity contribution >= 4 is 11.9 Å². The standard InChI is InChI=1S/C15H16N4O/c1-3-13-16-10(2)14(20-13)15-17-12(18-19-15)9-11-7-5-4-6-8-11/h4-9,18H,3H2,1-2H3,(H,17,19). The van der Waals surface area contributed by atoms with E-state index in [1.807, 2.05) is 50.3 Å². The first-order valence-corrected chi connectivity index (χ1v) is 6.60. The van der Waals surface area contributed by atoms with Gasteiger partial charge >= 0.3 is 0 Å². The van der Waals surface area contributed by atoms with Gasteiger partial charge < -0.3 is 4.42 Å². The van der Waals surface area contributed by atoms with Crippen LogP contribution in [0.15, 0.2) is 45.6 Å². The van der Waals surface area contributed by atoms with Gasteiger partial charge in [0.15, 0.2) is 17.5 Å². The van der Waals surface area contributed by atoms with E-state index in [0.29, 0.717) is 11.6 Å². The molecule has 1 aromatic carbocycles. The second kappa shape index (κ2) is 5.21. The molecule has 2 aromatic rings. The van der Waals surface area contributed by atoms with Gasteiger partial charge in [0.2, 0.25) is 0 Å². The molecule has 1 aromatic heterocycles. The Hall–Kier alpha value is -2.56. The van der Waals surface area contributed by atoms with E-state index in [-0.39, 0.29) is 0 Å². The van der Waals surface area contributed by atoms with Gasteiger partial charge in [-0.2, -0.15) is 0 Å². The minimum Gasteiger partial charge on any atom is -0.437 e. The first kappa shape index (κ1) is 12.5. The van der Waals surface area contributed by atoms with Crippen LogP contribution in [0.25, 0.3) is 6.08 Å². The molecular weight excluding hydrogens is 252 g/mol. The van der Waals surface area contributed by atoms with Gasteiger partial charge in [-0.1, -0.05) is 37.3 Å². The Morgan fingerprint density at radius 3 is 2.70 bits per heavy atom. The summed E-state index contributed by atoms with van der Waals surface area (Å²) < 4.78 is 5.67. The van der Waals surface area contributed by atoms with Crippen LogP contribution in [0, 0.1) is 6.92 Å². The molecule has 5 heteroatoms. The molecule has 0 aliphatic carbocycles. The number of nitrogens with one attached hydrogen (secondary N) is 2. The molecule has 3 rings (SSSR count). The van der Waals surface area contributed by atoms with E-state index >= 15 is 0 Å². The minimum atomic E-state index is 0.664. The number of aliphatic imine (C=N–C) groups is 1. The molecule has 0 atom stereocenters.